The van der Waals surface area contributed by atoms with E-state index in [9.17, 15) is 4.79 Å². The summed E-state index contributed by atoms with van der Waals surface area (Å²) in [6.07, 6.45) is 2.94. The van der Waals surface area contributed by atoms with Crippen LogP contribution in [-0.4, -0.2) is 50.1 Å². The fourth-order valence-corrected chi connectivity index (χ4v) is 3.21. The predicted octanol–water partition coefficient (Wildman–Crippen LogP) is 1.72. The van der Waals surface area contributed by atoms with Crippen LogP contribution in [0, 0.1) is 0 Å². The maximum Gasteiger partial charge on any atom is 0.293 e. The minimum Gasteiger partial charge on any atom is -0.334 e. The van der Waals surface area contributed by atoms with Crippen molar-refractivity contribution in [2.45, 2.75) is 38.4 Å². The average molecular weight is 268 g/mol. The summed E-state index contributed by atoms with van der Waals surface area (Å²) >= 11 is 1.95. The van der Waals surface area contributed by atoms with Crippen LogP contribution in [0.2, 0.25) is 0 Å². The molecule has 1 aromatic rings. The number of nitrogens with zero attached hydrogens (tertiary/aromatic N) is 3. The summed E-state index contributed by atoms with van der Waals surface area (Å²) in [5.74, 6) is 2.10. The van der Waals surface area contributed by atoms with Crippen molar-refractivity contribution in [1.29, 1.82) is 0 Å². The second kappa shape index (κ2) is 6.22. The molecule has 1 saturated heterocycles. The van der Waals surface area contributed by atoms with Crippen LogP contribution in [0.1, 0.15) is 43.1 Å². The minimum absolute atomic E-state index is 0.0349. The zero-order valence-electron chi connectivity index (χ0n) is 11.0. The maximum atomic E-state index is 12.3. The normalized spacial score (nSPS) is 20.1. The van der Waals surface area contributed by atoms with Crippen LogP contribution in [0.5, 0.6) is 0 Å². The number of aromatic nitrogens is 3. The molecule has 1 aliphatic heterocycles. The third kappa shape index (κ3) is 3.04. The molecule has 1 N–H and O–H groups in total. The molecule has 1 aromatic heterocycles. The summed E-state index contributed by atoms with van der Waals surface area (Å²) in [5, 5.41) is 7.42. The highest BCUT2D eigenvalue weighted by atomic mass is 32.2. The van der Waals surface area contributed by atoms with Gasteiger partial charge in [-0.15, -0.1) is 5.10 Å². The molecule has 1 aliphatic rings. The fourth-order valence-electron chi connectivity index (χ4n) is 2.03. The van der Waals surface area contributed by atoms with E-state index in [2.05, 4.69) is 29.0 Å². The summed E-state index contributed by atoms with van der Waals surface area (Å²) in [6, 6.07) is 0. The van der Waals surface area contributed by atoms with Gasteiger partial charge in [0.05, 0.1) is 0 Å². The largest absolute Gasteiger partial charge is 0.334 e. The molecule has 1 unspecified atom stereocenters. The highest BCUT2D eigenvalue weighted by Crippen LogP contribution is 2.21. The van der Waals surface area contributed by atoms with Gasteiger partial charge in [-0.05, 0) is 12.8 Å². The van der Waals surface area contributed by atoms with Crippen molar-refractivity contribution < 1.29 is 4.79 Å². The van der Waals surface area contributed by atoms with E-state index in [0.717, 1.165) is 43.9 Å². The lowest BCUT2D eigenvalue weighted by Gasteiger charge is -2.31. The number of hydrogen-bond donors (Lipinski definition) is 1. The number of amides is 1. The third-order valence-electron chi connectivity index (χ3n) is 3.09. The molecule has 100 valence electrons. The second-order valence-corrected chi connectivity index (χ2v) is 5.92. The van der Waals surface area contributed by atoms with E-state index in [0.29, 0.717) is 11.1 Å². The van der Waals surface area contributed by atoms with E-state index < -0.39 is 0 Å². The van der Waals surface area contributed by atoms with Crippen LogP contribution in [0.3, 0.4) is 0 Å². The predicted molar refractivity (Wildman–Crippen MR) is 72.8 cm³/mol. The van der Waals surface area contributed by atoms with Crippen molar-refractivity contribution >= 4 is 17.7 Å². The van der Waals surface area contributed by atoms with Gasteiger partial charge in [0.15, 0.2) is 0 Å². The Labute approximate surface area is 112 Å². The number of thioether (sulfide) groups is 1. The highest BCUT2D eigenvalue weighted by molar-refractivity contribution is 8.00. The van der Waals surface area contributed by atoms with Crippen molar-refractivity contribution in [3.63, 3.8) is 0 Å². The summed E-state index contributed by atoms with van der Waals surface area (Å²) in [5.41, 5.74) is 0. The molecule has 1 amide bonds. The van der Waals surface area contributed by atoms with Crippen molar-refractivity contribution in [1.82, 2.24) is 20.1 Å². The topological polar surface area (TPSA) is 61.9 Å². The number of aryl methyl sites for hydroxylation is 1. The number of nitrogens with one attached hydrogen (secondary N) is 1. The molecule has 0 radical (unpaired) electrons. The smallest absolute Gasteiger partial charge is 0.293 e. The zero-order valence-corrected chi connectivity index (χ0v) is 11.8. The molecule has 0 aromatic carbocycles. The molecule has 2 heterocycles. The van der Waals surface area contributed by atoms with Crippen molar-refractivity contribution in [2.75, 3.05) is 18.8 Å². The first kappa shape index (κ1) is 13.4. The van der Waals surface area contributed by atoms with Crippen molar-refractivity contribution in [3.05, 3.63) is 11.6 Å². The van der Waals surface area contributed by atoms with Gasteiger partial charge in [-0.1, -0.05) is 13.8 Å². The van der Waals surface area contributed by atoms with E-state index in [1.807, 2.05) is 16.7 Å². The Hall–Kier alpha value is -1.04. The Balaban J connectivity index is 2.00. The van der Waals surface area contributed by atoms with E-state index in [4.69, 9.17) is 0 Å². The lowest BCUT2D eigenvalue weighted by molar-refractivity contribution is 0.0749. The molecule has 1 fully saturated rings. The van der Waals surface area contributed by atoms with Gasteiger partial charge in [0.25, 0.3) is 5.91 Å². The van der Waals surface area contributed by atoms with E-state index >= 15 is 0 Å². The molecular weight excluding hydrogens is 248 g/mol. The van der Waals surface area contributed by atoms with Crippen LogP contribution in [-0.2, 0) is 6.42 Å². The minimum atomic E-state index is -0.0349. The monoisotopic (exact) mass is 268 g/mol. The summed E-state index contributed by atoms with van der Waals surface area (Å²) < 4.78 is 0. The molecule has 0 aliphatic carbocycles. The highest BCUT2D eigenvalue weighted by Gasteiger charge is 2.26. The van der Waals surface area contributed by atoms with E-state index in [1.54, 1.807) is 0 Å². The molecule has 0 saturated carbocycles. The molecule has 2 rings (SSSR count). The lowest BCUT2D eigenvalue weighted by Crippen LogP contribution is -2.42. The fraction of sp³-hybridized carbons (Fsp3) is 0.750. The number of hydrogen-bond acceptors (Lipinski definition) is 4. The summed E-state index contributed by atoms with van der Waals surface area (Å²) in [7, 11) is 0. The first-order valence-corrected chi connectivity index (χ1v) is 7.61. The van der Waals surface area contributed by atoms with Crippen LogP contribution in [0.15, 0.2) is 0 Å². The van der Waals surface area contributed by atoms with Gasteiger partial charge < -0.3 is 4.90 Å². The van der Waals surface area contributed by atoms with Crippen molar-refractivity contribution in [3.8, 4) is 0 Å². The Bertz CT molecular complexity index is 407. The standard InChI is InChI=1S/C12H20N4OS/c1-3-5-10-13-11(15-14-10)12(17)16-6-7-18-9(4-2)8-16/h9H,3-8H2,1-2H3,(H,13,14,15). The molecular formula is C12H20N4OS. The molecule has 5 nitrogen and oxygen atoms in total. The van der Waals surface area contributed by atoms with Gasteiger partial charge in [0.1, 0.15) is 5.82 Å². The maximum absolute atomic E-state index is 12.3. The number of rotatable bonds is 4. The Morgan fingerprint density at radius 3 is 3.11 bits per heavy atom. The van der Waals surface area contributed by atoms with Crippen molar-refractivity contribution in [2.24, 2.45) is 0 Å². The van der Waals surface area contributed by atoms with Crippen LogP contribution < -0.4 is 0 Å². The Morgan fingerprint density at radius 2 is 2.39 bits per heavy atom. The average Bonchev–Trinajstić information content (AvgIpc) is 2.87. The Kier molecular flexibility index (Phi) is 4.63. The first-order chi connectivity index (χ1) is 8.74. The number of carbonyl (C=O) groups is 1. The van der Waals surface area contributed by atoms with Crippen LogP contribution in [0.25, 0.3) is 0 Å². The van der Waals surface area contributed by atoms with Crippen LogP contribution >= 0.6 is 11.8 Å². The van der Waals surface area contributed by atoms with Gasteiger partial charge in [-0.25, -0.2) is 4.98 Å². The lowest BCUT2D eigenvalue weighted by atomic mass is 10.3. The summed E-state index contributed by atoms with van der Waals surface area (Å²) in [6.45, 7) is 5.87. The third-order valence-corrected chi connectivity index (χ3v) is 4.46. The van der Waals surface area contributed by atoms with Gasteiger partial charge in [0, 0.05) is 30.5 Å². The van der Waals surface area contributed by atoms with Gasteiger partial charge >= 0.3 is 0 Å². The molecule has 0 spiro atoms. The summed E-state index contributed by atoms with van der Waals surface area (Å²) in [4.78, 5) is 18.4. The first-order valence-electron chi connectivity index (χ1n) is 6.56. The molecule has 18 heavy (non-hydrogen) atoms. The van der Waals surface area contributed by atoms with E-state index in [-0.39, 0.29) is 5.91 Å². The van der Waals surface area contributed by atoms with Gasteiger partial charge in [-0.2, -0.15) is 11.8 Å². The van der Waals surface area contributed by atoms with Gasteiger partial charge in [-0.3, -0.25) is 9.89 Å². The quantitative estimate of drug-likeness (QED) is 0.903. The number of aromatic amines is 1. The molecule has 0 bridgehead atoms. The molecule has 1 atom stereocenters. The number of carbonyl (C=O) groups excluding carboxylic acids is 1. The van der Waals surface area contributed by atoms with Crippen LogP contribution in [0.4, 0.5) is 0 Å². The zero-order chi connectivity index (χ0) is 13.0. The second-order valence-electron chi connectivity index (χ2n) is 4.51. The number of H-pyrrole nitrogens is 1. The Morgan fingerprint density at radius 1 is 1.56 bits per heavy atom. The SMILES string of the molecule is CCCc1nc(C(=O)N2CCSC(CC)C2)n[nH]1. The molecule has 6 heteroatoms. The van der Waals surface area contributed by atoms with E-state index in [1.165, 1.54) is 0 Å². The van der Waals surface area contributed by atoms with Gasteiger partial charge in [0.2, 0.25) is 5.82 Å².